The van der Waals surface area contributed by atoms with Crippen molar-refractivity contribution in [3.63, 3.8) is 0 Å². The number of carbonyl (C=O) groups excluding carboxylic acids is 1. The molecule has 38 heavy (non-hydrogen) atoms. The number of anilines is 1. The molecule has 0 saturated heterocycles. The van der Waals surface area contributed by atoms with Crippen LogP contribution in [-0.2, 0) is 17.8 Å². The number of rotatable bonds is 9. The third kappa shape index (κ3) is 5.34. The summed E-state index contributed by atoms with van der Waals surface area (Å²) in [6, 6.07) is 10.3. The molecule has 2 N–H and O–H groups in total. The number of hydrogen-bond acceptors (Lipinski definition) is 6. The van der Waals surface area contributed by atoms with Gasteiger partial charge in [-0.25, -0.2) is 9.78 Å². The van der Waals surface area contributed by atoms with Gasteiger partial charge in [0, 0.05) is 37.0 Å². The average molecular weight is 545 g/mol. The molecule has 0 aliphatic carbocycles. The summed E-state index contributed by atoms with van der Waals surface area (Å²) in [5.41, 5.74) is 1.32. The van der Waals surface area contributed by atoms with Gasteiger partial charge < -0.3 is 14.3 Å². The van der Waals surface area contributed by atoms with Crippen LogP contribution in [0.4, 0.5) is 19.1 Å². The van der Waals surface area contributed by atoms with Crippen molar-refractivity contribution in [2.45, 2.75) is 32.6 Å². The first-order chi connectivity index (χ1) is 18.2. The van der Waals surface area contributed by atoms with Gasteiger partial charge in [-0.3, -0.25) is 19.7 Å². The number of imidazole rings is 2. The van der Waals surface area contributed by atoms with Crippen LogP contribution in [0.25, 0.3) is 32.5 Å². The van der Waals surface area contributed by atoms with Gasteiger partial charge in [0.15, 0.2) is 0 Å². The van der Waals surface area contributed by atoms with Gasteiger partial charge in [-0.05, 0) is 55.3 Å². The minimum Gasteiger partial charge on any atom is -0.382 e. The normalized spacial score (nSPS) is 12.0. The molecule has 0 atom stereocenters. The van der Waals surface area contributed by atoms with Crippen molar-refractivity contribution in [3.8, 4) is 10.4 Å². The van der Waals surface area contributed by atoms with E-state index in [0.717, 1.165) is 10.4 Å². The molecule has 5 rings (SSSR count). The van der Waals surface area contributed by atoms with E-state index in [-0.39, 0.29) is 22.9 Å². The summed E-state index contributed by atoms with van der Waals surface area (Å²) in [6.45, 7) is 1.84. The number of ether oxygens (including phenoxy) is 1. The SMILES string of the molecule is CCOCCCn1c(NC(=O)c2ccc(-c3ccncc3)s2)nc2cc3[nH]c(=O)n(CC(F)(F)F)c3cc21. The maximum Gasteiger partial charge on any atom is 0.406 e. The molecule has 0 aliphatic heterocycles. The summed E-state index contributed by atoms with van der Waals surface area (Å²) in [5.74, 6) is -0.117. The lowest BCUT2D eigenvalue weighted by Crippen LogP contribution is -2.26. The molecular weight excluding hydrogens is 521 g/mol. The molecule has 0 aliphatic rings. The van der Waals surface area contributed by atoms with Gasteiger partial charge >= 0.3 is 11.9 Å². The third-order valence-electron chi connectivity index (χ3n) is 5.88. The number of amides is 1. The number of H-pyrrole nitrogens is 1. The predicted molar refractivity (Wildman–Crippen MR) is 139 cm³/mol. The zero-order valence-electron chi connectivity index (χ0n) is 20.2. The Morgan fingerprint density at radius 3 is 2.66 bits per heavy atom. The number of carbonyl (C=O) groups is 1. The molecular formula is C25H23F3N6O3S. The van der Waals surface area contributed by atoms with E-state index >= 15 is 0 Å². The highest BCUT2D eigenvalue weighted by atomic mass is 32.1. The van der Waals surface area contributed by atoms with Crippen LogP contribution in [0.15, 0.2) is 53.6 Å². The van der Waals surface area contributed by atoms with Crippen molar-refractivity contribution < 1.29 is 22.7 Å². The Kier molecular flexibility index (Phi) is 7.04. The summed E-state index contributed by atoms with van der Waals surface area (Å²) >= 11 is 1.32. The number of thiophene rings is 1. The second kappa shape index (κ2) is 10.4. The molecule has 0 unspecified atom stereocenters. The highest BCUT2D eigenvalue weighted by molar-refractivity contribution is 7.17. The Hall–Kier alpha value is -3.97. The van der Waals surface area contributed by atoms with Crippen molar-refractivity contribution in [2.75, 3.05) is 18.5 Å². The Labute approximate surface area is 217 Å². The van der Waals surface area contributed by atoms with Gasteiger partial charge in [0.1, 0.15) is 6.54 Å². The topological polar surface area (TPSA) is 107 Å². The van der Waals surface area contributed by atoms with Crippen LogP contribution in [0.5, 0.6) is 0 Å². The highest BCUT2D eigenvalue weighted by Gasteiger charge is 2.30. The Morgan fingerprint density at radius 1 is 1.13 bits per heavy atom. The summed E-state index contributed by atoms with van der Waals surface area (Å²) < 4.78 is 47.2. The Balaban J connectivity index is 1.51. The van der Waals surface area contributed by atoms with Gasteiger partial charge in [-0.15, -0.1) is 11.3 Å². The number of nitrogens with zero attached hydrogens (tertiary/aromatic N) is 4. The lowest BCUT2D eigenvalue weighted by molar-refractivity contribution is -0.140. The van der Waals surface area contributed by atoms with E-state index in [9.17, 15) is 22.8 Å². The van der Waals surface area contributed by atoms with Gasteiger partial charge in [-0.2, -0.15) is 13.2 Å². The van der Waals surface area contributed by atoms with E-state index in [1.165, 1.54) is 23.5 Å². The molecule has 9 nitrogen and oxygen atoms in total. The summed E-state index contributed by atoms with van der Waals surface area (Å²) in [6.07, 6.45) is -0.640. The van der Waals surface area contributed by atoms with Gasteiger partial charge in [0.2, 0.25) is 5.95 Å². The van der Waals surface area contributed by atoms with Crippen LogP contribution in [0.1, 0.15) is 23.0 Å². The number of hydrogen-bond donors (Lipinski definition) is 2. The van der Waals surface area contributed by atoms with Crippen LogP contribution in [-0.4, -0.2) is 49.4 Å². The first-order valence-corrected chi connectivity index (χ1v) is 12.6. The monoisotopic (exact) mass is 544 g/mol. The van der Waals surface area contributed by atoms with E-state index in [2.05, 4.69) is 20.3 Å². The number of aromatic nitrogens is 5. The molecule has 0 bridgehead atoms. The zero-order valence-corrected chi connectivity index (χ0v) is 21.0. The number of benzene rings is 1. The molecule has 0 spiro atoms. The van der Waals surface area contributed by atoms with E-state index in [4.69, 9.17) is 4.74 Å². The second-order valence-corrected chi connectivity index (χ2v) is 9.56. The third-order valence-corrected chi connectivity index (χ3v) is 7.01. The first-order valence-electron chi connectivity index (χ1n) is 11.8. The maximum absolute atomic E-state index is 13.1. The number of alkyl halides is 3. The van der Waals surface area contributed by atoms with Crippen LogP contribution >= 0.6 is 11.3 Å². The fraction of sp³-hybridized carbons (Fsp3) is 0.280. The van der Waals surface area contributed by atoms with Crippen LogP contribution in [0.3, 0.4) is 0 Å². The second-order valence-electron chi connectivity index (χ2n) is 8.48. The van der Waals surface area contributed by atoms with Crippen molar-refractivity contribution in [1.82, 2.24) is 24.1 Å². The quantitative estimate of drug-likeness (QED) is 0.253. The first kappa shape index (κ1) is 25.7. The lowest BCUT2D eigenvalue weighted by atomic mass is 10.2. The van der Waals surface area contributed by atoms with Crippen molar-refractivity contribution in [1.29, 1.82) is 0 Å². The molecule has 5 aromatic rings. The molecule has 198 valence electrons. The summed E-state index contributed by atoms with van der Waals surface area (Å²) in [4.78, 5) is 37.7. The summed E-state index contributed by atoms with van der Waals surface area (Å²) in [7, 11) is 0. The minimum atomic E-state index is -4.57. The van der Waals surface area contributed by atoms with Crippen LogP contribution in [0, 0.1) is 0 Å². The molecule has 4 heterocycles. The number of halogens is 3. The molecule has 0 fully saturated rings. The number of pyridine rings is 1. The largest absolute Gasteiger partial charge is 0.406 e. The fourth-order valence-corrected chi connectivity index (χ4v) is 5.10. The van der Waals surface area contributed by atoms with Crippen LogP contribution in [0.2, 0.25) is 0 Å². The molecule has 1 amide bonds. The number of fused-ring (bicyclic) bond motifs is 2. The zero-order chi connectivity index (χ0) is 26.9. The van der Waals surface area contributed by atoms with Gasteiger partial charge in [0.25, 0.3) is 5.91 Å². The maximum atomic E-state index is 13.1. The average Bonchev–Trinajstić information content (AvgIpc) is 3.57. The summed E-state index contributed by atoms with van der Waals surface area (Å²) in [5, 5.41) is 2.84. The number of aromatic amines is 1. The Morgan fingerprint density at radius 2 is 1.92 bits per heavy atom. The van der Waals surface area contributed by atoms with Gasteiger partial charge in [0.05, 0.1) is 26.9 Å². The fourth-order valence-electron chi connectivity index (χ4n) is 4.20. The molecule has 0 radical (unpaired) electrons. The Bertz CT molecular complexity index is 1650. The predicted octanol–water partition coefficient (Wildman–Crippen LogP) is 5.04. The van der Waals surface area contributed by atoms with Crippen molar-refractivity contribution in [3.05, 3.63) is 64.2 Å². The standard InChI is InChI=1S/C25H23F3N6O3S/c1-2-37-11-3-10-33-18-13-19-17(31-24(36)34(19)14-25(26,27)28)12-16(18)30-23(33)32-22(35)21-5-4-20(38-21)15-6-8-29-9-7-15/h4-9,12-13H,2-3,10-11,14H2,1H3,(H,31,36)(H,30,32,35). The van der Waals surface area contributed by atoms with E-state index in [0.29, 0.717) is 46.7 Å². The van der Waals surface area contributed by atoms with Crippen molar-refractivity contribution in [2.24, 2.45) is 0 Å². The van der Waals surface area contributed by atoms with E-state index in [1.807, 2.05) is 25.1 Å². The number of nitrogens with one attached hydrogen (secondary N) is 2. The van der Waals surface area contributed by atoms with Gasteiger partial charge in [-0.1, -0.05) is 0 Å². The lowest BCUT2D eigenvalue weighted by Gasteiger charge is -2.11. The van der Waals surface area contributed by atoms with E-state index in [1.54, 1.807) is 23.0 Å². The molecule has 4 aromatic heterocycles. The molecule has 1 aromatic carbocycles. The van der Waals surface area contributed by atoms with E-state index < -0.39 is 18.4 Å². The van der Waals surface area contributed by atoms with Crippen LogP contribution < -0.4 is 11.0 Å². The minimum absolute atomic E-state index is 0.101. The number of aryl methyl sites for hydroxylation is 1. The molecule has 0 saturated carbocycles. The highest BCUT2D eigenvalue weighted by Crippen LogP contribution is 2.30. The smallest absolute Gasteiger partial charge is 0.382 e. The van der Waals surface area contributed by atoms with Crippen molar-refractivity contribution >= 4 is 45.3 Å². The molecule has 13 heteroatoms.